The molecule has 1 unspecified atom stereocenters. The van der Waals surface area contributed by atoms with Crippen LogP contribution in [0, 0.1) is 0 Å². The van der Waals surface area contributed by atoms with Crippen molar-refractivity contribution in [2.45, 2.75) is 37.3 Å². The molecule has 0 saturated carbocycles. The number of fused-ring (bicyclic) bond motifs is 1. The fourth-order valence-electron chi connectivity index (χ4n) is 3.31. The van der Waals surface area contributed by atoms with E-state index in [4.69, 9.17) is 10.5 Å². The van der Waals surface area contributed by atoms with Crippen LogP contribution < -0.4 is 5.73 Å². The number of nitrogens with two attached hydrogens (primary N) is 1. The second-order valence-electron chi connectivity index (χ2n) is 5.80. The average Bonchev–Trinajstić information content (AvgIpc) is 2.80. The number of hydrogen-bond donors (Lipinski definition) is 1. The third kappa shape index (κ3) is 2.23. The zero-order valence-corrected chi connectivity index (χ0v) is 11.1. The molecular formula is C13H21N3O3. The summed E-state index contributed by atoms with van der Waals surface area (Å²) in [5.41, 5.74) is 5.49. The number of rotatable bonds is 1. The Balaban J connectivity index is 1.66. The maximum absolute atomic E-state index is 12.6. The largest absolute Gasteiger partial charge is 0.381 e. The van der Waals surface area contributed by atoms with E-state index in [-0.39, 0.29) is 17.9 Å². The lowest BCUT2D eigenvalue weighted by atomic mass is 9.89. The van der Waals surface area contributed by atoms with Crippen LogP contribution >= 0.6 is 0 Å². The third-order valence-corrected chi connectivity index (χ3v) is 4.59. The van der Waals surface area contributed by atoms with E-state index in [1.54, 1.807) is 0 Å². The van der Waals surface area contributed by atoms with Gasteiger partial charge in [0.2, 0.25) is 11.8 Å². The Morgan fingerprint density at radius 2 is 2.05 bits per heavy atom. The Bertz CT molecular complexity index is 393. The number of ether oxygens (including phenoxy) is 1. The Morgan fingerprint density at radius 1 is 1.32 bits per heavy atom. The van der Waals surface area contributed by atoms with Gasteiger partial charge in [-0.25, -0.2) is 0 Å². The Labute approximate surface area is 112 Å². The normalized spacial score (nSPS) is 30.4. The number of hydrogen-bond acceptors (Lipinski definition) is 4. The summed E-state index contributed by atoms with van der Waals surface area (Å²) in [7, 11) is 0. The first-order chi connectivity index (χ1) is 9.10. The predicted octanol–water partition coefficient (Wildman–Crippen LogP) is -0.672. The van der Waals surface area contributed by atoms with E-state index < -0.39 is 5.54 Å². The summed E-state index contributed by atoms with van der Waals surface area (Å²) in [4.78, 5) is 28.0. The maximum Gasteiger partial charge on any atom is 0.242 e. The van der Waals surface area contributed by atoms with Crippen molar-refractivity contribution in [3.05, 3.63) is 0 Å². The molecule has 2 N–H and O–H groups in total. The molecule has 106 valence electrons. The fourth-order valence-corrected chi connectivity index (χ4v) is 3.31. The molecule has 3 fully saturated rings. The predicted molar refractivity (Wildman–Crippen MR) is 68.3 cm³/mol. The zero-order chi connectivity index (χ0) is 13.5. The lowest BCUT2D eigenvalue weighted by molar-refractivity contribution is -0.145. The van der Waals surface area contributed by atoms with Gasteiger partial charge in [0.05, 0.1) is 5.54 Å². The molecule has 0 radical (unpaired) electrons. The van der Waals surface area contributed by atoms with Gasteiger partial charge in [-0.2, -0.15) is 0 Å². The van der Waals surface area contributed by atoms with Gasteiger partial charge < -0.3 is 20.3 Å². The summed E-state index contributed by atoms with van der Waals surface area (Å²) in [6.07, 6.45) is 2.67. The smallest absolute Gasteiger partial charge is 0.242 e. The molecule has 0 aliphatic carbocycles. The third-order valence-electron chi connectivity index (χ3n) is 4.59. The Morgan fingerprint density at radius 3 is 2.79 bits per heavy atom. The number of nitrogens with zero attached hydrogens (tertiary/aromatic N) is 2. The molecule has 3 rings (SSSR count). The van der Waals surface area contributed by atoms with Crippen LogP contribution in [0.5, 0.6) is 0 Å². The van der Waals surface area contributed by atoms with Crippen molar-refractivity contribution in [2.24, 2.45) is 5.73 Å². The summed E-state index contributed by atoms with van der Waals surface area (Å²) in [6, 6.07) is 0.202. The lowest BCUT2D eigenvalue weighted by Crippen LogP contribution is -2.62. The van der Waals surface area contributed by atoms with Crippen molar-refractivity contribution in [2.75, 3.05) is 32.8 Å². The van der Waals surface area contributed by atoms with Gasteiger partial charge >= 0.3 is 0 Å². The Kier molecular flexibility index (Phi) is 3.22. The first-order valence-corrected chi connectivity index (χ1v) is 7.06. The molecule has 3 aliphatic heterocycles. The first kappa shape index (κ1) is 12.9. The van der Waals surface area contributed by atoms with Gasteiger partial charge in [0.15, 0.2) is 0 Å². The maximum atomic E-state index is 12.6. The molecule has 19 heavy (non-hydrogen) atoms. The van der Waals surface area contributed by atoms with Crippen LogP contribution in [0.1, 0.15) is 25.7 Å². The van der Waals surface area contributed by atoms with Gasteiger partial charge in [-0.3, -0.25) is 9.59 Å². The molecule has 0 spiro atoms. The second-order valence-corrected chi connectivity index (χ2v) is 5.80. The minimum Gasteiger partial charge on any atom is -0.381 e. The van der Waals surface area contributed by atoms with Crippen molar-refractivity contribution in [3.63, 3.8) is 0 Å². The van der Waals surface area contributed by atoms with E-state index in [0.717, 1.165) is 6.42 Å². The van der Waals surface area contributed by atoms with Crippen molar-refractivity contribution in [3.8, 4) is 0 Å². The minimum atomic E-state index is -0.761. The molecule has 6 heteroatoms. The van der Waals surface area contributed by atoms with E-state index in [0.29, 0.717) is 52.1 Å². The highest BCUT2D eigenvalue weighted by atomic mass is 16.5. The van der Waals surface area contributed by atoms with Gasteiger partial charge in [0.1, 0.15) is 0 Å². The van der Waals surface area contributed by atoms with Gasteiger partial charge in [-0.15, -0.1) is 0 Å². The van der Waals surface area contributed by atoms with Gasteiger partial charge in [0, 0.05) is 45.3 Å². The summed E-state index contributed by atoms with van der Waals surface area (Å²) < 4.78 is 5.28. The van der Waals surface area contributed by atoms with Gasteiger partial charge in [-0.05, 0) is 19.3 Å². The number of piperazine rings is 1. The topological polar surface area (TPSA) is 75.9 Å². The van der Waals surface area contributed by atoms with Crippen LogP contribution in [0.25, 0.3) is 0 Å². The summed E-state index contributed by atoms with van der Waals surface area (Å²) in [5, 5.41) is 0. The molecule has 0 aromatic carbocycles. The van der Waals surface area contributed by atoms with Crippen molar-refractivity contribution in [1.29, 1.82) is 0 Å². The van der Waals surface area contributed by atoms with Crippen LogP contribution in [-0.4, -0.2) is 66.0 Å². The zero-order valence-electron chi connectivity index (χ0n) is 11.1. The first-order valence-electron chi connectivity index (χ1n) is 7.06. The van der Waals surface area contributed by atoms with Gasteiger partial charge in [-0.1, -0.05) is 0 Å². The molecule has 1 atom stereocenters. The molecular weight excluding hydrogens is 246 g/mol. The fraction of sp³-hybridized carbons (Fsp3) is 0.846. The number of carbonyl (C=O) groups excluding carboxylic acids is 2. The molecule has 0 bridgehead atoms. The molecule has 2 amide bonds. The highest BCUT2D eigenvalue weighted by Gasteiger charge is 2.43. The summed E-state index contributed by atoms with van der Waals surface area (Å²) in [5.74, 6) is 0.264. The molecule has 3 heterocycles. The van der Waals surface area contributed by atoms with Crippen LogP contribution in [0.2, 0.25) is 0 Å². The standard InChI is InChI=1S/C13H21N3O3/c14-13(3-7-19-8-4-13)12(18)15-5-6-16-10(9-15)1-2-11(16)17/h10H,1-9,14H2. The highest BCUT2D eigenvalue weighted by Crippen LogP contribution is 2.26. The van der Waals surface area contributed by atoms with E-state index in [1.165, 1.54) is 0 Å². The van der Waals surface area contributed by atoms with Crippen molar-refractivity contribution in [1.82, 2.24) is 9.80 Å². The molecule has 3 aliphatic rings. The van der Waals surface area contributed by atoms with E-state index >= 15 is 0 Å². The van der Waals surface area contributed by atoms with E-state index in [1.807, 2.05) is 9.80 Å². The monoisotopic (exact) mass is 267 g/mol. The summed E-state index contributed by atoms with van der Waals surface area (Å²) >= 11 is 0. The minimum absolute atomic E-state index is 0.0369. The number of amides is 2. The van der Waals surface area contributed by atoms with Crippen LogP contribution in [0.3, 0.4) is 0 Å². The van der Waals surface area contributed by atoms with Crippen LogP contribution in [-0.2, 0) is 14.3 Å². The lowest BCUT2D eigenvalue weighted by Gasteiger charge is -2.42. The molecule has 0 aromatic rings. The van der Waals surface area contributed by atoms with E-state index in [9.17, 15) is 9.59 Å². The molecule has 6 nitrogen and oxygen atoms in total. The average molecular weight is 267 g/mol. The molecule has 3 saturated heterocycles. The quantitative estimate of drug-likeness (QED) is 0.683. The van der Waals surface area contributed by atoms with Crippen molar-refractivity contribution >= 4 is 11.8 Å². The van der Waals surface area contributed by atoms with Gasteiger partial charge in [0.25, 0.3) is 0 Å². The highest BCUT2D eigenvalue weighted by molar-refractivity contribution is 5.87. The SMILES string of the molecule is NC1(C(=O)N2CCN3C(=O)CCC3C2)CCOCC1. The Hall–Kier alpha value is -1.14. The summed E-state index contributed by atoms with van der Waals surface area (Å²) in [6.45, 7) is 3.03. The van der Waals surface area contributed by atoms with Crippen LogP contribution in [0.15, 0.2) is 0 Å². The number of carbonyl (C=O) groups is 2. The second kappa shape index (κ2) is 4.76. The van der Waals surface area contributed by atoms with Crippen molar-refractivity contribution < 1.29 is 14.3 Å². The van der Waals surface area contributed by atoms with Crippen LogP contribution in [0.4, 0.5) is 0 Å². The molecule has 0 aromatic heterocycles. The van der Waals surface area contributed by atoms with E-state index in [2.05, 4.69) is 0 Å².